The molecule has 0 aromatic heterocycles. The largest absolute Gasteiger partial charge is 0.495 e. The lowest BCUT2D eigenvalue weighted by molar-refractivity contribution is 0.352. The minimum absolute atomic E-state index is 0.212. The van der Waals surface area contributed by atoms with E-state index in [9.17, 15) is 8.42 Å². The Morgan fingerprint density at radius 2 is 1.62 bits per heavy atom. The number of halogens is 1. The third-order valence-corrected chi connectivity index (χ3v) is 7.57. The lowest BCUT2D eigenvalue weighted by Gasteiger charge is -2.16. The summed E-state index contributed by atoms with van der Waals surface area (Å²) in [6, 6.07) is 16.5. The van der Waals surface area contributed by atoms with Gasteiger partial charge in [-0.05, 0) is 91.0 Å². The number of aryl methyl sites for hydroxylation is 1. The zero-order valence-corrected chi connectivity index (χ0v) is 20.1. The summed E-state index contributed by atoms with van der Waals surface area (Å²) in [5, 5.41) is 0.663. The molecule has 168 valence electrons. The van der Waals surface area contributed by atoms with E-state index in [-0.39, 0.29) is 4.90 Å². The van der Waals surface area contributed by atoms with E-state index in [4.69, 9.17) is 16.3 Å². The predicted octanol–water partition coefficient (Wildman–Crippen LogP) is 5.16. The summed E-state index contributed by atoms with van der Waals surface area (Å²) in [6.45, 7) is 3.82. The molecular formula is C25H27ClN2O3S. The van der Waals surface area contributed by atoms with E-state index in [0.29, 0.717) is 16.5 Å². The van der Waals surface area contributed by atoms with Crippen LogP contribution in [0, 0.1) is 6.92 Å². The first kappa shape index (κ1) is 22.6. The number of nitrogens with one attached hydrogen (secondary N) is 1. The molecule has 0 fully saturated rings. The van der Waals surface area contributed by atoms with E-state index in [1.165, 1.54) is 5.56 Å². The second-order valence-electron chi connectivity index (χ2n) is 8.21. The molecule has 32 heavy (non-hydrogen) atoms. The number of hydrogen-bond acceptors (Lipinski definition) is 4. The van der Waals surface area contributed by atoms with Crippen LogP contribution in [-0.2, 0) is 22.9 Å². The van der Waals surface area contributed by atoms with E-state index < -0.39 is 10.0 Å². The average Bonchev–Trinajstić information content (AvgIpc) is 2.95. The van der Waals surface area contributed by atoms with Crippen LogP contribution >= 0.6 is 11.6 Å². The molecule has 0 bridgehead atoms. The van der Waals surface area contributed by atoms with E-state index in [1.54, 1.807) is 19.2 Å². The van der Waals surface area contributed by atoms with Crippen molar-refractivity contribution < 1.29 is 13.2 Å². The van der Waals surface area contributed by atoms with Gasteiger partial charge in [0.2, 0.25) is 0 Å². The fraction of sp³-hybridized carbons (Fsp3) is 0.280. The van der Waals surface area contributed by atoms with Gasteiger partial charge in [0, 0.05) is 18.1 Å². The Bertz CT molecular complexity index is 1240. The van der Waals surface area contributed by atoms with Crippen LogP contribution < -0.4 is 9.46 Å². The summed E-state index contributed by atoms with van der Waals surface area (Å²) in [6.07, 6.45) is 1.79. The Morgan fingerprint density at radius 1 is 0.969 bits per heavy atom. The highest BCUT2D eigenvalue weighted by molar-refractivity contribution is 7.92. The zero-order valence-electron chi connectivity index (χ0n) is 18.5. The number of fused-ring (bicyclic) bond motifs is 1. The Hall–Kier alpha value is -2.54. The number of benzene rings is 3. The highest BCUT2D eigenvalue weighted by Gasteiger charge is 2.21. The van der Waals surface area contributed by atoms with Gasteiger partial charge in [0.15, 0.2) is 0 Å². The smallest absolute Gasteiger partial charge is 0.262 e. The minimum Gasteiger partial charge on any atom is -0.495 e. The third-order valence-electron chi connectivity index (χ3n) is 5.96. The van der Waals surface area contributed by atoms with Crippen LogP contribution in [0.1, 0.15) is 16.7 Å². The Labute approximate surface area is 195 Å². The summed E-state index contributed by atoms with van der Waals surface area (Å²) in [7, 11) is -0.119. The van der Waals surface area contributed by atoms with Gasteiger partial charge in [-0.25, -0.2) is 8.42 Å². The van der Waals surface area contributed by atoms with Gasteiger partial charge < -0.3 is 9.64 Å². The Morgan fingerprint density at radius 3 is 2.25 bits per heavy atom. The van der Waals surface area contributed by atoms with E-state index in [2.05, 4.69) is 16.7 Å². The van der Waals surface area contributed by atoms with Crippen LogP contribution in [0.15, 0.2) is 59.5 Å². The van der Waals surface area contributed by atoms with Crippen molar-refractivity contribution in [1.82, 2.24) is 4.90 Å². The molecule has 0 amide bonds. The number of likely N-dealkylation sites (N-methyl/N-ethyl adjacent to an activating group) is 1. The molecule has 1 heterocycles. The lowest BCUT2D eigenvalue weighted by Crippen LogP contribution is -2.20. The van der Waals surface area contributed by atoms with Crippen molar-refractivity contribution in [3.63, 3.8) is 0 Å². The number of ether oxygens (including phenoxy) is 1. The molecule has 1 aliphatic rings. The van der Waals surface area contributed by atoms with Crippen LogP contribution in [0.25, 0.3) is 11.1 Å². The lowest BCUT2D eigenvalue weighted by atomic mass is 10.0. The fourth-order valence-electron chi connectivity index (χ4n) is 4.08. The maximum Gasteiger partial charge on any atom is 0.262 e. The molecule has 7 heteroatoms. The van der Waals surface area contributed by atoms with Gasteiger partial charge >= 0.3 is 0 Å². The van der Waals surface area contributed by atoms with Crippen LogP contribution in [0.5, 0.6) is 5.75 Å². The van der Waals surface area contributed by atoms with Crippen LogP contribution in [0.2, 0.25) is 5.02 Å². The van der Waals surface area contributed by atoms with Crippen molar-refractivity contribution in [2.24, 2.45) is 0 Å². The molecular weight excluding hydrogens is 444 g/mol. The van der Waals surface area contributed by atoms with Gasteiger partial charge in [-0.2, -0.15) is 0 Å². The minimum atomic E-state index is -3.78. The van der Waals surface area contributed by atoms with Crippen molar-refractivity contribution in [3.05, 3.63) is 76.3 Å². The van der Waals surface area contributed by atoms with Crippen molar-refractivity contribution in [3.8, 4) is 16.9 Å². The molecule has 4 rings (SSSR count). The van der Waals surface area contributed by atoms with E-state index in [1.807, 2.05) is 49.4 Å². The SMILES string of the molecule is COc1cc2c(cc1NS(=O)(=O)c1ccc(-c3ccc(Cl)cc3)c(C)c1)CCN(C)CC2. The maximum atomic E-state index is 13.2. The Balaban J connectivity index is 1.65. The molecule has 1 aliphatic heterocycles. The first-order valence-electron chi connectivity index (χ1n) is 10.5. The zero-order chi connectivity index (χ0) is 22.9. The third kappa shape index (κ3) is 4.77. The van der Waals surface area contributed by atoms with Gasteiger partial charge in [-0.15, -0.1) is 0 Å². The maximum absolute atomic E-state index is 13.2. The fourth-order valence-corrected chi connectivity index (χ4v) is 5.35. The number of nitrogens with zero attached hydrogens (tertiary/aromatic N) is 1. The van der Waals surface area contributed by atoms with Gasteiger partial charge in [0.25, 0.3) is 10.0 Å². The molecule has 0 unspecified atom stereocenters. The predicted molar refractivity (Wildman–Crippen MR) is 130 cm³/mol. The second-order valence-corrected chi connectivity index (χ2v) is 10.3. The first-order valence-corrected chi connectivity index (χ1v) is 12.4. The second kappa shape index (κ2) is 9.14. The monoisotopic (exact) mass is 470 g/mol. The molecule has 0 radical (unpaired) electrons. The van der Waals surface area contributed by atoms with Crippen LogP contribution in [0.3, 0.4) is 0 Å². The van der Waals surface area contributed by atoms with Crippen LogP contribution in [0.4, 0.5) is 5.69 Å². The van der Waals surface area contributed by atoms with Crippen molar-refractivity contribution in [2.75, 3.05) is 32.0 Å². The Kier molecular flexibility index (Phi) is 6.47. The number of sulfonamides is 1. The molecule has 0 saturated heterocycles. The van der Waals surface area contributed by atoms with E-state index in [0.717, 1.165) is 48.2 Å². The molecule has 0 saturated carbocycles. The molecule has 5 nitrogen and oxygen atoms in total. The summed E-state index contributed by atoms with van der Waals surface area (Å²) in [5.41, 5.74) is 5.65. The summed E-state index contributed by atoms with van der Waals surface area (Å²) in [4.78, 5) is 2.49. The summed E-state index contributed by atoms with van der Waals surface area (Å²) < 4.78 is 34.7. The van der Waals surface area contributed by atoms with Gasteiger partial charge in [0.05, 0.1) is 17.7 Å². The number of methoxy groups -OCH3 is 1. The first-order chi connectivity index (χ1) is 15.3. The number of anilines is 1. The van der Waals surface area contributed by atoms with E-state index >= 15 is 0 Å². The molecule has 3 aromatic carbocycles. The number of rotatable bonds is 5. The molecule has 0 atom stereocenters. The van der Waals surface area contributed by atoms with Gasteiger partial charge in [0.1, 0.15) is 5.75 Å². The number of hydrogen-bond donors (Lipinski definition) is 1. The summed E-state index contributed by atoms with van der Waals surface area (Å²) >= 11 is 5.99. The quantitative estimate of drug-likeness (QED) is 0.559. The average molecular weight is 471 g/mol. The molecule has 0 aliphatic carbocycles. The summed E-state index contributed by atoms with van der Waals surface area (Å²) in [5.74, 6) is 0.534. The van der Waals surface area contributed by atoms with Crippen molar-refractivity contribution >= 4 is 27.3 Å². The van der Waals surface area contributed by atoms with Gasteiger partial charge in [-0.3, -0.25) is 4.72 Å². The highest BCUT2D eigenvalue weighted by Crippen LogP contribution is 2.33. The van der Waals surface area contributed by atoms with Crippen molar-refractivity contribution in [2.45, 2.75) is 24.7 Å². The highest BCUT2D eigenvalue weighted by atomic mass is 35.5. The molecule has 3 aromatic rings. The van der Waals surface area contributed by atoms with Crippen LogP contribution in [-0.4, -0.2) is 40.6 Å². The molecule has 0 spiro atoms. The molecule has 1 N–H and O–H groups in total. The normalized spacial score (nSPS) is 14.5. The topological polar surface area (TPSA) is 58.6 Å². The van der Waals surface area contributed by atoms with Gasteiger partial charge in [-0.1, -0.05) is 29.8 Å². The standard InChI is InChI=1S/C25H27ClN2O3S/c1-17-14-22(8-9-23(17)18-4-6-21(26)7-5-18)32(29,30)27-24-15-19-10-12-28(2)13-11-20(19)16-25(24)31-3/h4-9,14-16,27H,10-13H2,1-3H3. The van der Waals surface area contributed by atoms with Crippen molar-refractivity contribution in [1.29, 1.82) is 0 Å².